The van der Waals surface area contributed by atoms with Crippen molar-refractivity contribution in [1.82, 2.24) is 21.3 Å². The van der Waals surface area contributed by atoms with Gasteiger partial charge in [0, 0.05) is 19.5 Å². The van der Waals surface area contributed by atoms with Gasteiger partial charge in [-0.2, -0.15) is 0 Å². The third-order valence-corrected chi connectivity index (χ3v) is 5.08. The van der Waals surface area contributed by atoms with Crippen LogP contribution in [0.15, 0.2) is 0 Å². The van der Waals surface area contributed by atoms with Gasteiger partial charge in [-0.05, 0) is 44.4 Å². The van der Waals surface area contributed by atoms with Crippen molar-refractivity contribution in [3.8, 4) is 0 Å². The first-order valence-corrected chi connectivity index (χ1v) is 13.4. The molecule has 0 saturated carbocycles. The Labute approximate surface area is 218 Å². The molecule has 0 aliphatic rings. The van der Waals surface area contributed by atoms with Crippen LogP contribution in [0.3, 0.4) is 0 Å². The van der Waals surface area contributed by atoms with Gasteiger partial charge in [-0.15, -0.1) is 0 Å². The van der Waals surface area contributed by atoms with E-state index in [1.54, 1.807) is 0 Å². The molecule has 0 aromatic carbocycles. The molecule has 0 rings (SSSR count). The number of hydrogen-bond acceptors (Lipinski definition) is 5. The van der Waals surface area contributed by atoms with Crippen LogP contribution >= 0.6 is 15.9 Å². The first kappa shape index (κ1) is 35.0. The number of urea groups is 1. The number of ketones is 1. The van der Waals surface area contributed by atoms with Crippen molar-refractivity contribution in [2.75, 3.05) is 18.4 Å². The summed E-state index contributed by atoms with van der Waals surface area (Å²) in [5.41, 5.74) is 5.00. The maximum Gasteiger partial charge on any atom is 0.312 e. The molecule has 0 aliphatic carbocycles. The van der Waals surface area contributed by atoms with Crippen LogP contribution in [0.25, 0.3) is 0 Å². The van der Waals surface area contributed by atoms with E-state index < -0.39 is 24.0 Å². The molecule has 5 amide bonds. The summed E-state index contributed by atoms with van der Waals surface area (Å²) in [5.74, 6) is -0.246. The van der Waals surface area contributed by atoms with Gasteiger partial charge in [-0.3, -0.25) is 19.2 Å². The smallest absolute Gasteiger partial charge is 0.312 e. The average molecular weight is 565 g/mol. The molecule has 0 aromatic rings. The topological polar surface area (TPSA) is 159 Å². The minimum atomic E-state index is -0.753. The first-order chi connectivity index (χ1) is 16.3. The number of rotatable bonds is 16. The maximum atomic E-state index is 12.7. The van der Waals surface area contributed by atoms with Crippen LogP contribution in [0, 0.1) is 11.8 Å². The molecule has 1 unspecified atom stereocenters. The highest BCUT2D eigenvalue weighted by atomic mass is 79.9. The predicted octanol–water partition coefficient (Wildman–Crippen LogP) is 2.38. The monoisotopic (exact) mass is 563 g/mol. The molecule has 0 aliphatic heterocycles. The number of hydrogen-bond donors (Lipinski definition) is 5. The minimum Gasteiger partial charge on any atom is -0.355 e. The standard InChI is InChI=1S/C20H36BrN5O5.C4H10/c1-13(2)18(26-16(28)9-5-4-6-10-23-17(29)12-21)19(30)25-15(14(3)27)8-7-11-24-20(22)31;1-4(2)3/h13,15,18H,4-12H2,1-3H3,(H,23,29)(H,25,30)(H,26,28)(H3,22,24,31);4H,1-3H3/t15-,18?;/m0./s1. The van der Waals surface area contributed by atoms with E-state index in [2.05, 4.69) is 58.0 Å². The summed E-state index contributed by atoms with van der Waals surface area (Å²) < 4.78 is 0. The van der Waals surface area contributed by atoms with E-state index in [1.165, 1.54) is 6.92 Å². The second-order valence-electron chi connectivity index (χ2n) is 9.42. The largest absolute Gasteiger partial charge is 0.355 e. The van der Waals surface area contributed by atoms with Crippen LogP contribution in [-0.2, 0) is 19.2 Å². The molecule has 10 nitrogen and oxygen atoms in total. The molecule has 0 saturated heterocycles. The molecule has 6 N–H and O–H groups in total. The zero-order valence-corrected chi connectivity index (χ0v) is 23.8. The second kappa shape index (κ2) is 21.1. The van der Waals surface area contributed by atoms with Crippen LogP contribution in [0.2, 0.25) is 0 Å². The number of halogens is 1. The average Bonchev–Trinajstić information content (AvgIpc) is 2.75. The van der Waals surface area contributed by atoms with E-state index in [-0.39, 0.29) is 35.3 Å². The van der Waals surface area contributed by atoms with Gasteiger partial charge in [0.25, 0.3) is 0 Å². The normalized spacial score (nSPS) is 12.1. The van der Waals surface area contributed by atoms with Gasteiger partial charge in [0.05, 0.1) is 11.4 Å². The van der Waals surface area contributed by atoms with Gasteiger partial charge < -0.3 is 27.0 Å². The van der Waals surface area contributed by atoms with Crippen LogP contribution in [-0.4, -0.2) is 60.0 Å². The zero-order chi connectivity index (χ0) is 27.4. The van der Waals surface area contributed by atoms with Crippen molar-refractivity contribution >= 4 is 45.5 Å². The molecule has 2 atom stereocenters. The van der Waals surface area contributed by atoms with Crippen molar-refractivity contribution in [2.45, 2.75) is 92.2 Å². The number of nitrogens with two attached hydrogens (primary N) is 1. The number of alkyl halides is 1. The van der Waals surface area contributed by atoms with E-state index in [0.29, 0.717) is 32.4 Å². The summed E-state index contributed by atoms with van der Waals surface area (Å²) >= 11 is 3.07. The Bertz CT molecular complexity index is 655. The number of carbonyl (C=O) groups excluding carboxylic acids is 5. The van der Waals surface area contributed by atoms with Gasteiger partial charge >= 0.3 is 6.03 Å². The van der Waals surface area contributed by atoms with Gasteiger partial charge in [0.15, 0.2) is 5.78 Å². The SMILES string of the molecule is CC(=O)[C@H](CCCNC(N)=O)NC(=O)C(NC(=O)CCCCCNC(=O)CBr)C(C)C.CC(C)C. The van der Waals surface area contributed by atoms with Crippen LogP contribution < -0.4 is 27.0 Å². The highest BCUT2D eigenvalue weighted by Gasteiger charge is 2.27. The summed E-state index contributed by atoms with van der Waals surface area (Å²) in [6.07, 6.45) is 3.29. The van der Waals surface area contributed by atoms with Crippen molar-refractivity contribution in [3.63, 3.8) is 0 Å². The Morgan fingerprint density at radius 2 is 1.37 bits per heavy atom. The Morgan fingerprint density at radius 3 is 1.86 bits per heavy atom. The fourth-order valence-corrected chi connectivity index (χ4v) is 3.00. The number of primary amides is 1. The molecule has 0 spiro atoms. The molecular weight excluding hydrogens is 518 g/mol. The van der Waals surface area contributed by atoms with Gasteiger partial charge in [0.1, 0.15) is 6.04 Å². The van der Waals surface area contributed by atoms with Gasteiger partial charge in [0.2, 0.25) is 17.7 Å². The van der Waals surface area contributed by atoms with Crippen LogP contribution in [0.4, 0.5) is 4.79 Å². The summed E-state index contributed by atoms with van der Waals surface area (Å²) in [5, 5.41) is 10.9. The third kappa shape index (κ3) is 22.1. The molecule has 0 bridgehead atoms. The fourth-order valence-electron chi connectivity index (χ4n) is 2.80. The van der Waals surface area contributed by atoms with Crippen molar-refractivity contribution in [1.29, 1.82) is 0 Å². The lowest BCUT2D eigenvalue weighted by Gasteiger charge is -2.24. The van der Waals surface area contributed by atoms with E-state index in [9.17, 15) is 24.0 Å². The minimum absolute atomic E-state index is 0.0727. The van der Waals surface area contributed by atoms with Crippen molar-refractivity contribution in [2.24, 2.45) is 17.6 Å². The first-order valence-electron chi connectivity index (χ1n) is 12.3. The Kier molecular flexibility index (Phi) is 21.1. The number of amides is 5. The summed E-state index contributed by atoms with van der Waals surface area (Å²) in [6.45, 7) is 12.4. The molecule has 204 valence electrons. The number of nitrogens with one attached hydrogen (secondary N) is 4. The molecule has 0 aromatic heterocycles. The predicted molar refractivity (Wildman–Crippen MR) is 142 cm³/mol. The van der Waals surface area contributed by atoms with E-state index in [0.717, 1.165) is 18.8 Å². The van der Waals surface area contributed by atoms with Crippen LogP contribution in [0.5, 0.6) is 0 Å². The lowest BCUT2D eigenvalue weighted by Crippen LogP contribution is -2.53. The molecule has 35 heavy (non-hydrogen) atoms. The molecule has 0 radical (unpaired) electrons. The van der Waals surface area contributed by atoms with E-state index in [1.807, 2.05) is 13.8 Å². The lowest BCUT2D eigenvalue weighted by molar-refractivity contribution is -0.132. The number of Topliss-reactive ketones (excluding diaryl/α,β-unsaturated/α-hetero) is 1. The molecule has 11 heteroatoms. The van der Waals surface area contributed by atoms with Crippen molar-refractivity contribution in [3.05, 3.63) is 0 Å². The molecule has 0 fully saturated rings. The van der Waals surface area contributed by atoms with Crippen LogP contribution in [0.1, 0.15) is 80.1 Å². The highest BCUT2D eigenvalue weighted by molar-refractivity contribution is 9.09. The maximum absolute atomic E-state index is 12.7. The Morgan fingerprint density at radius 1 is 0.800 bits per heavy atom. The second-order valence-corrected chi connectivity index (χ2v) is 9.98. The van der Waals surface area contributed by atoms with Gasteiger partial charge in [-0.25, -0.2) is 4.79 Å². The Hall–Kier alpha value is -2.17. The summed E-state index contributed by atoms with van der Waals surface area (Å²) in [6, 6.07) is -2.10. The van der Waals surface area contributed by atoms with E-state index >= 15 is 0 Å². The fraction of sp³-hybridized carbons (Fsp3) is 0.792. The lowest BCUT2D eigenvalue weighted by atomic mass is 10.0. The Balaban J connectivity index is 0. The molecule has 0 heterocycles. The third-order valence-electron chi connectivity index (χ3n) is 4.57. The highest BCUT2D eigenvalue weighted by Crippen LogP contribution is 2.07. The number of unbranched alkanes of at least 4 members (excludes halogenated alkanes) is 2. The quantitative estimate of drug-likeness (QED) is 0.144. The number of carbonyl (C=O) groups is 5. The van der Waals surface area contributed by atoms with Crippen molar-refractivity contribution < 1.29 is 24.0 Å². The molecular formula is C24H46BrN5O5. The van der Waals surface area contributed by atoms with Gasteiger partial charge in [-0.1, -0.05) is 57.0 Å². The summed E-state index contributed by atoms with van der Waals surface area (Å²) in [7, 11) is 0. The summed E-state index contributed by atoms with van der Waals surface area (Å²) in [4.78, 5) is 58.6. The zero-order valence-electron chi connectivity index (χ0n) is 22.2. The van der Waals surface area contributed by atoms with E-state index in [4.69, 9.17) is 5.73 Å².